The molecule has 4 heteroatoms. The van der Waals surface area contributed by atoms with Crippen LogP contribution in [0.3, 0.4) is 0 Å². The van der Waals surface area contributed by atoms with Crippen LogP contribution in [0.4, 0.5) is 0 Å². The van der Waals surface area contributed by atoms with E-state index in [4.69, 9.17) is 9.47 Å². The molecule has 5 atom stereocenters. The molecule has 174 valence electrons. The third-order valence-corrected chi connectivity index (χ3v) is 30.4. The number of unbranched alkanes of at least 4 members (excludes halogenated alkanes) is 3. The number of fused-ring (bicyclic) bond motifs is 3. The first-order valence-corrected chi connectivity index (χ1v) is 23.7. The van der Waals surface area contributed by atoms with Gasteiger partial charge in [0.15, 0.2) is 0 Å². The molecule has 1 aromatic rings. The molecule has 2 saturated carbocycles. The molecule has 0 unspecified atom stereocenters. The zero-order valence-electron chi connectivity index (χ0n) is 20.1. The van der Waals surface area contributed by atoms with Crippen molar-refractivity contribution in [3.8, 4) is 0 Å². The van der Waals surface area contributed by atoms with Gasteiger partial charge in [-0.05, 0) is 0 Å². The van der Waals surface area contributed by atoms with E-state index >= 15 is 0 Å². The van der Waals surface area contributed by atoms with Gasteiger partial charge in [-0.2, -0.15) is 0 Å². The van der Waals surface area contributed by atoms with Crippen LogP contribution in [0.5, 0.6) is 0 Å². The first-order valence-electron chi connectivity index (χ1n) is 13.2. The van der Waals surface area contributed by atoms with E-state index in [1.807, 2.05) is 0 Å². The second-order valence-electron chi connectivity index (χ2n) is 10.4. The van der Waals surface area contributed by atoms with Crippen molar-refractivity contribution in [2.75, 3.05) is 5.94 Å². The predicted octanol–water partition coefficient (Wildman–Crippen LogP) is 8.35. The Labute approximate surface area is 197 Å². The van der Waals surface area contributed by atoms with E-state index in [9.17, 15) is 0 Å². The van der Waals surface area contributed by atoms with Gasteiger partial charge in [0.05, 0.1) is 0 Å². The Morgan fingerprint density at radius 1 is 0.968 bits per heavy atom. The Bertz CT molecular complexity index is 661. The zero-order chi connectivity index (χ0) is 21.7. The molecule has 1 spiro atoms. The molecule has 1 aromatic carbocycles. The summed E-state index contributed by atoms with van der Waals surface area (Å²) in [6, 6.07) is 10.9. The molecule has 0 aromatic heterocycles. The Morgan fingerprint density at radius 3 is 2.23 bits per heavy atom. The van der Waals surface area contributed by atoms with Gasteiger partial charge < -0.3 is 0 Å². The predicted molar refractivity (Wildman–Crippen MR) is 136 cm³/mol. The molecule has 1 saturated heterocycles. The van der Waals surface area contributed by atoms with Crippen molar-refractivity contribution in [2.24, 2.45) is 11.8 Å². The molecule has 0 radical (unpaired) electrons. The third kappa shape index (κ3) is 5.20. The molecule has 3 aliphatic rings. The van der Waals surface area contributed by atoms with Crippen molar-refractivity contribution in [2.45, 2.75) is 110 Å². The van der Waals surface area contributed by atoms with Gasteiger partial charge in [0.25, 0.3) is 0 Å². The average Bonchev–Trinajstić information content (AvgIpc) is 3.21. The summed E-state index contributed by atoms with van der Waals surface area (Å²) in [5.74, 6) is 2.38. The minimum atomic E-state index is -2.19. The van der Waals surface area contributed by atoms with Gasteiger partial charge in [0.2, 0.25) is 0 Å². The molecular weight excluding hydrogens is 507 g/mol. The molecule has 3 fully saturated rings. The molecule has 2 bridgehead atoms. The van der Waals surface area contributed by atoms with Crippen molar-refractivity contribution in [3.05, 3.63) is 35.9 Å². The van der Waals surface area contributed by atoms with E-state index in [-0.39, 0.29) is 11.7 Å². The molecular formula is C27H44O2SSn. The van der Waals surface area contributed by atoms with Gasteiger partial charge in [-0.3, -0.25) is 0 Å². The van der Waals surface area contributed by atoms with Crippen LogP contribution < -0.4 is 0 Å². The molecule has 1 heterocycles. The number of ether oxygens (including phenoxy) is 2. The summed E-state index contributed by atoms with van der Waals surface area (Å²) in [6.45, 7) is 7.10. The van der Waals surface area contributed by atoms with Crippen molar-refractivity contribution in [3.63, 3.8) is 0 Å². The quantitative estimate of drug-likeness (QED) is 0.132. The van der Waals surface area contributed by atoms with Crippen LogP contribution in [0.2, 0.25) is 13.3 Å². The standard InChI is InChI=1S/C15H18O2S.3C4H9.Sn/c18-9-16-13-11-6-7-12(8-11)15(13)14(17-15)10-4-2-1-3-5-10;3*1-3-4-2;/h1-5,11-14,18H,6-9H2;3*1,3-4H2,2H3;/q;;;;+1/p-1/t11-,12+,13-,14+,15+;;;;/m0..../s1. The first kappa shape index (κ1) is 24.4. The summed E-state index contributed by atoms with van der Waals surface area (Å²) < 4.78 is 18.1. The minimum absolute atomic E-state index is 0.000729. The summed E-state index contributed by atoms with van der Waals surface area (Å²) in [5, 5.41) is 0. The Hall–Kier alpha value is 0.289. The van der Waals surface area contributed by atoms with E-state index in [1.165, 1.54) is 63.4 Å². The van der Waals surface area contributed by atoms with E-state index < -0.39 is 17.0 Å². The molecule has 31 heavy (non-hydrogen) atoms. The van der Waals surface area contributed by atoms with Crippen LogP contribution in [-0.2, 0) is 9.47 Å². The summed E-state index contributed by atoms with van der Waals surface area (Å²) in [5.41, 5.74) is 1.36. The molecule has 0 N–H and O–H groups in total. The molecule has 2 nitrogen and oxygen atoms in total. The topological polar surface area (TPSA) is 21.8 Å². The van der Waals surface area contributed by atoms with Crippen LogP contribution in [-0.4, -0.2) is 34.6 Å². The van der Waals surface area contributed by atoms with Gasteiger partial charge in [-0.1, -0.05) is 0 Å². The second-order valence-corrected chi connectivity index (χ2v) is 30.2. The average molecular weight is 551 g/mol. The maximum atomic E-state index is 6.85. The van der Waals surface area contributed by atoms with Crippen molar-refractivity contribution in [1.29, 1.82) is 0 Å². The Balaban J connectivity index is 1.41. The van der Waals surface area contributed by atoms with Gasteiger partial charge in [0, 0.05) is 0 Å². The fourth-order valence-electron chi connectivity index (χ4n) is 6.54. The molecule has 1 aliphatic heterocycles. The molecule has 2 aliphatic carbocycles. The SMILES string of the molecule is CCC[CH2][Sn]([CH2]CCC)([CH2]CCC)[S]CO[C@H]1[C@H]2CC[C@H](C2)[C@@]12O[C@@H]2c1ccccc1. The van der Waals surface area contributed by atoms with Gasteiger partial charge in [-0.25, -0.2) is 0 Å². The Kier molecular flexibility index (Phi) is 8.78. The number of rotatable bonds is 14. The van der Waals surface area contributed by atoms with E-state index in [2.05, 4.69) is 60.0 Å². The fraction of sp³-hybridized carbons (Fsp3) is 0.778. The van der Waals surface area contributed by atoms with E-state index in [0.717, 1.165) is 11.9 Å². The Morgan fingerprint density at radius 2 is 1.61 bits per heavy atom. The summed E-state index contributed by atoms with van der Waals surface area (Å²) in [4.78, 5) is 0. The van der Waals surface area contributed by atoms with Crippen molar-refractivity contribution in [1.82, 2.24) is 0 Å². The fourth-order valence-corrected chi connectivity index (χ4v) is 27.5. The van der Waals surface area contributed by atoms with Crippen LogP contribution in [0, 0.1) is 11.8 Å². The monoisotopic (exact) mass is 552 g/mol. The van der Waals surface area contributed by atoms with Crippen molar-refractivity contribution < 1.29 is 9.47 Å². The normalized spacial score (nSPS) is 31.6. The van der Waals surface area contributed by atoms with E-state index in [0.29, 0.717) is 12.0 Å². The van der Waals surface area contributed by atoms with Crippen LogP contribution in [0.1, 0.15) is 90.2 Å². The summed E-state index contributed by atoms with van der Waals surface area (Å²) in [6.07, 6.45) is 13.0. The number of epoxide rings is 1. The summed E-state index contributed by atoms with van der Waals surface area (Å²) >= 11 is -2.19. The summed E-state index contributed by atoms with van der Waals surface area (Å²) in [7, 11) is 2.36. The maximum absolute atomic E-state index is 6.85. The molecule has 4 rings (SSSR count). The number of hydrogen-bond donors (Lipinski definition) is 0. The van der Waals surface area contributed by atoms with Gasteiger partial charge >= 0.3 is 199 Å². The second kappa shape index (κ2) is 11.1. The van der Waals surface area contributed by atoms with Crippen molar-refractivity contribution >= 4 is 25.9 Å². The number of benzene rings is 1. The van der Waals surface area contributed by atoms with E-state index in [1.54, 1.807) is 13.3 Å². The van der Waals surface area contributed by atoms with Gasteiger partial charge in [0.1, 0.15) is 0 Å². The van der Waals surface area contributed by atoms with Crippen LogP contribution in [0.25, 0.3) is 0 Å². The molecule has 0 amide bonds. The first-order chi connectivity index (χ1) is 15.2. The third-order valence-electron chi connectivity index (χ3n) is 8.33. The van der Waals surface area contributed by atoms with Crippen LogP contribution in [0.15, 0.2) is 30.3 Å². The zero-order valence-corrected chi connectivity index (χ0v) is 23.8. The van der Waals surface area contributed by atoms with Crippen LogP contribution >= 0.6 is 8.95 Å². The van der Waals surface area contributed by atoms with Gasteiger partial charge in [-0.15, -0.1) is 0 Å². The number of hydrogen-bond acceptors (Lipinski definition) is 3.